The Hall–Kier alpha value is -1.56. The maximum atomic E-state index is 13.1. The third-order valence-corrected chi connectivity index (χ3v) is 2.86. The van der Waals surface area contributed by atoms with Crippen LogP contribution in [0.1, 0.15) is 27.2 Å². The molecule has 17 heavy (non-hydrogen) atoms. The lowest BCUT2D eigenvalue weighted by molar-refractivity contribution is 0.451. The van der Waals surface area contributed by atoms with Gasteiger partial charge >= 0.3 is 0 Å². The lowest BCUT2D eigenvalue weighted by Crippen LogP contribution is -2.27. The number of nitriles is 1. The van der Waals surface area contributed by atoms with Gasteiger partial charge in [0, 0.05) is 18.8 Å². The highest BCUT2D eigenvalue weighted by molar-refractivity contribution is 5.46. The predicted octanol–water partition coefficient (Wildman–Crippen LogP) is 3.59. The van der Waals surface area contributed by atoms with Crippen molar-refractivity contribution < 1.29 is 4.39 Å². The number of hydrogen-bond donors (Lipinski definition) is 0. The zero-order valence-corrected chi connectivity index (χ0v) is 10.7. The van der Waals surface area contributed by atoms with Gasteiger partial charge in [-0.1, -0.05) is 6.07 Å². The van der Waals surface area contributed by atoms with Gasteiger partial charge < -0.3 is 4.90 Å². The molecular formula is C14H19FN2. The van der Waals surface area contributed by atoms with Crippen molar-refractivity contribution >= 4 is 5.69 Å². The minimum Gasteiger partial charge on any atom is -0.372 e. The van der Waals surface area contributed by atoms with Crippen molar-refractivity contribution in [3.8, 4) is 6.07 Å². The smallest absolute Gasteiger partial charge is 0.125 e. The van der Waals surface area contributed by atoms with Crippen molar-refractivity contribution in [3.63, 3.8) is 0 Å². The molecule has 0 spiro atoms. The molecule has 0 atom stereocenters. The van der Waals surface area contributed by atoms with Gasteiger partial charge in [-0.3, -0.25) is 0 Å². The zero-order chi connectivity index (χ0) is 12.9. The van der Waals surface area contributed by atoms with E-state index < -0.39 is 0 Å². The van der Waals surface area contributed by atoms with Gasteiger partial charge in [0.1, 0.15) is 5.82 Å². The second-order valence-electron chi connectivity index (χ2n) is 4.81. The summed E-state index contributed by atoms with van der Waals surface area (Å²) in [6.45, 7) is 7.45. The Morgan fingerprint density at radius 3 is 2.65 bits per heavy atom. The van der Waals surface area contributed by atoms with Crippen molar-refractivity contribution in [1.29, 1.82) is 5.26 Å². The van der Waals surface area contributed by atoms with Crippen molar-refractivity contribution in [3.05, 3.63) is 30.1 Å². The highest BCUT2D eigenvalue weighted by atomic mass is 19.1. The van der Waals surface area contributed by atoms with Gasteiger partial charge in [-0.2, -0.15) is 5.26 Å². The molecule has 0 heterocycles. The largest absolute Gasteiger partial charge is 0.372 e. The van der Waals surface area contributed by atoms with E-state index in [4.69, 9.17) is 5.26 Å². The molecule has 2 nitrogen and oxygen atoms in total. The normalized spacial score (nSPS) is 11.0. The molecule has 1 aromatic carbocycles. The molecule has 0 saturated carbocycles. The van der Waals surface area contributed by atoms with Gasteiger partial charge in [-0.25, -0.2) is 4.39 Å². The average Bonchev–Trinajstić information content (AvgIpc) is 2.30. The zero-order valence-electron chi connectivity index (χ0n) is 10.7. The maximum Gasteiger partial charge on any atom is 0.125 e. The van der Waals surface area contributed by atoms with Crippen LogP contribution in [0.2, 0.25) is 0 Å². The average molecular weight is 234 g/mol. The second kappa shape index (κ2) is 5.67. The van der Waals surface area contributed by atoms with Gasteiger partial charge in [0.2, 0.25) is 0 Å². The summed E-state index contributed by atoms with van der Waals surface area (Å²) in [5.41, 5.74) is 0.544. The maximum absolute atomic E-state index is 13.1. The molecular weight excluding hydrogens is 215 g/mol. The van der Waals surface area contributed by atoms with E-state index in [0.29, 0.717) is 0 Å². The van der Waals surface area contributed by atoms with E-state index in [0.717, 1.165) is 25.2 Å². The van der Waals surface area contributed by atoms with E-state index in [1.165, 1.54) is 12.1 Å². The first-order valence-electron chi connectivity index (χ1n) is 5.90. The molecule has 0 aliphatic rings. The minimum absolute atomic E-state index is 0.222. The lowest BCUT2D eigenvalue weighted by atomic mass is 9.91. The summed E-state index contributed by atoms with van der Waals surface area (Å²) in [6, 6.07) is 8.86. The first-order chi connectivity index (χ1) is 7.98. The first kappa shape index (κ1) is 13.5. The monoisotopic (exact) mass is 234 g/mol. The molecule has 0 aliphatic heterocycles. The molecule has 0 fully saturated rings. The van der Waals surface area contributed by atoms with E-state index in [1.54, 1.807) is 6.07 Å². The molecule has 3 heteroatoms. The van der Waals surface area contributed by atoms with E-state index >= 15 is 0 Å². The van der Waals surface area contributed by atoms with Crippen LogP contribution in [0, 0.1) is 22.6 Å². The fraction of sp³-hybridized carbons (Fsp3) is 0.500. The highest BCUT2D eigenvalue weighted by Crippen LogP contribution is 2.22. The molecule has 0 amide bonds. The van der Waals surface area contributed by atoms with Crippen molar-refractivity contribution in [2.45, 2.75) is 27.2 Å². The predicted molar refractivity (Wildman–Crippen MR) is 68.3 cm³/mol. The molecule has 0 radical (unpaired) electrons. The van der Waals surface area contributed by atoms with Crippen LogP contribution in [0.4, 0.5) is 10.1 Å². The first-order valence-corrected chi connectivity index (χ1v) is 5.90. The topological polar surface area (TPSA) is 27.0 Å². The van der Waals surface area contributed by atoms with E-state index in [1.807, 2.05) is 26.8 Å². The SMILES string of the molecule is CCN(CCC(C)(C)C#N)c1cccc(F)c1. The molecule has 0 N–H and O–H groups in total. The quantitative estimate of drug-likeness (QED) is 0.778. The Morgan fingerprint density at radius 1 is 1.41 bits per heavy atom. The Morgan fingerprint density at radius 2 is 2.12 bits per heavy atom. The second-order valence-corrected chi connectivity index (χ2v) is 4.81. The summed E-state index contributed by atoms with van der Waals surface area (Å²) in [7, 11) is 0. The van der Waals surface area contributed by atoms with Crippen LogP contribution < -0.4 is 4.90 Å². The number of anilines is 1. The molecule has 1 aromatic rings. The van der Waals surface area contributed by atoms with Crippen LogP contribution in [0.3, 0.4) is 0 Å². The van der Waals surface area contributed by atoms with Gasteiger partial charge in [0.25, 0.3) is 0 Å². The Kier molecular flexibility index (Phi) is 4.51. The van der Waals surface area contributed by atoms with Gasteiger partial charge in [0.15, 0.2) is 0 Å². The van der Waals surface area contributed by atoms with Gasteiger partial charge in [-0.05, 0) is 45.4 Å². The third kappa shape index (κ3) is 4.07. The molecule has 0 aromatic heterocycles. The third-order valence-electron chi connectivity index (χ3n) is 2.86. The molecule has 0 bridgehead atoms. The van der Waals surface area contributed by atoms with Crippen LogP contribution in [-0.4, -0.2) is 13.1 Å². The standard InChI is InChI=1S/C14H19FN2/c1-4-17(9-8-14(2,3)11-16)13-7-5-6-12(15)10-13/h5-7,10H,4,8-9H2,1-3H3. The summed E-state index contributed by atoms with van der Waals surface area (Å²) in [5.74, 6) is -0.222. The van der Waals surface area contributed by atoms with Gasteiger partial charge in [0.05, 0.1) is 11.5 Å². The number of benzene rings is 1. The van der Waals surface area contributed by atoms with E-state index in [-0.39, 0.29) is 11.2 Å². The number of nitrogens with zero attached hydrogens (tertiary/aromatic N) is 2. The number of rotatable bonds is 5. The fourth-order valence-electron chi connectivity index (χ4n) is 1.61. The Bertz CT molecular complexity index is 407. The number of halogens is 1. The Balaban J connectivity index is 2.70. The van der Waals surface area contributed by atoms with Gasteiger partial charge in [-0.15, -0.1) is 0 Å². The van der Waals surface area contributed by atoms with Crippen molar-refractivity contribution in [1.82, 2.24) is 0 Å². The Labute approximate surface area is 103 Å². The van der Waals surface area contributed by atoms with E-state index in [9.17, 15) is 4.39 Å². The highest BCUT2D eigenvalue weighted by Gasteiger charge is 2.18. The fourth-order valence-corrected chi connectivity index (χ4v) is 1.61. The van der Waals surface area contributed by atoms with Crippen molar-refractivity contribution in [2.24, 2.45) is 5.41 Å². The van der Waals surface area contributed by atoms with Crippen LogP contribution in [0.5, 0.6) is 0 Å². The molecule has 0 saturated heterocycles. The minimum atomic E-state index is -0.333. The van der Waals surface area contributed by atoms with Crippen molar-refractivity contribution in [2.75, 3.05) is 18.0 Å². The molecule has 0 aliphatic carbocycles. The summed E-state index contributed by atoms with van der Waals surface area (Å²) in [5, 5.41) is 8.97. The van der Waals surface area contributed by atoms with Crippen LogP contribution in [0.25, 0.3) is 0 Å². The van der Waals surface area contributed by atoms with Crippen LogP contribution in [-0.2, 0) is 0 Å². The van der Waals surface area contributed by atoms with Crippen LogP contribution >= 0.6 is 0 Å². The molecule has 0 unspecified atom stereocenters. The summed E-state index contributed by atoms with van der Waals surface area (Å²) in [4.78, 5) is 2.09. The van der Waals surface area contributed by atoms with Crippen LogP contribution in [0.15, 0.2) is 24.3 Å². The van der Waals surface area contributed by atoms with E-state index in [2.05, 4.69) is 11.0 Å². The summed E-state index contributed by atoms with van der Waals surface area (Å²) in [6.07, 6.45) is 0.772. The molecule has 1 rings (SSSR count). The lowest BCUT2D eigenvalue weighted by Gasteiger charge is -2.26. The molecule has 92 valence electrons. The number of hydrogen-bond acceptors (Lipinski definition) is 2. The summed E-state index contributed by atoms with van der Waals surface area (Å²) >= 11 is 0. The summed E-state index contributed by atoms with van der Waals surface area (Å²) < 4.78 is 13.1.